The average Bonchev–Trinajstić information content (AvgIpc) is 2.91. The summed E-state index contributed by atoms with van der Waals surface area (Å²) >= 11 is 2.09. The number of nitro benzene ring substituents is 1. The molecule has 0 bridgehead atoms. The number of ether oxygens (including phenoxy) is 2. The van der Waals surface area contributed by atoms with Crippen molar-refractivity contribution in [1.82, 2.24) is 5.32 Å². The average molecular weight is 639 g/mol. The number of imide groups is 2. The van der Waals surface area contributed by atoms with Gasteiger partial charge in [-0.25, -0.2) is 14.5 Å². The summed E-state index contributed by atoms with van der Waals surface area (Å²) in [4.78, 5) is 61.3. The summed E-state index contributed by atoms with van der Waals surface area (Å²) in [5.41, 5.74) is 0.892. The fraction of sp³-hybridized carbons (Fsp3) is 0.0370. The van der Waals surface area contributed by atoms with Crippen molar-refractivity contribution in [2.45, 2.75) is 0 Å². The highest BCUT2D eigenvalue weighted by Crippen LogP contribution is 2.30. The number of urea groups is 1. The van der Waals surface area contributed by atoms with Crippen molar-refractivity contribution >= 4 is 69.9 Å². The van der Waals surface area contributed by atoms with Crippen molar-refractivity contribution in [2.24, 2.45) is 0 Å². The minimum Gasteiger partial charge on any atom is -0.493 e. The number of esters is 1. The van der Waals surface area contributed by atoms with Crippen LogP contribution in [-0.2, 0) is 14.4 Å². The number of anilines is 1. The Kier molecular flexibility index (Phi) is 8.15. The number of methoxy groups -OCH3 is 1. The summed E-state index contributed by atoms with van der Waals surface area (Å²) in [6.07, 6.45) is 3.88. The third-order valence-electron chi connectivity index (χ3n) is 5.41. The number of carbonyl (C=O) groups is 4. The number of benzene rings is 3. The second kappa shape index (κ2) is 11.7. The Morgan fingerprint density at radius 1 is 0.974 bits per heavy atom. The lowest BCUT2D eigenvalue weighted by Crippen LogP contribution is -2.54. The van der Waals surface area contributed by atoms with E-state index in [0.717, 1.165) is 14.5 Å². The van der Waals surface area contributed by atoms with E-state index in [9.17, 15) is 29.3 Å². The molecule has 0 aromatic heterocycles. The van der Waals surface area contributed by atoms with E-state index < -0.39 is 28.7 Å². The number of barbiturate groups is 1. The molecule has 11 nitrogen and oxygen atoms in total. The van der Waals surface area contributed by atoms with E-state index in [-0.39, 0.29) is 22.8 Å². The Bertz CT molecular complexity index is 1550. The van der Waals surface area contributed by atoms with Gasteiger partial charge in [0, 0.05) is 21.8 Å². The van der Waals surface area contributed by atoms with E-state index in [1.54, 1.807) is 24.3 Å². The Balaban J connectivity index is 1.52. The number of carbonyl (C=O) groups excluding carboxylic acids is 4. The molecule has 3 aromatic carbocycles. The smallest absolute Gasteiger partial charge is 0.336 e. The van der Waals surface area contributed by atoms with E-state index >= 15 is 0 Å². The summed E-state index contributed by atoms with van der Waals surface area (Å²) < 4.78 is 11.5. The SMILES string of the molecule is COc1cc(/C=C2\C(=O)NC(=O)N(c3ccc(I)cc3)C2=O)ccc1OC(=O)/C=C/c1ccc([N+](=O)[O-])cc1. The van der Waals surface area contributed by atoms with Gasteiger partial charge in [0.05, 0.1) is 17.7 Å². The van der Waals surface area contributed by atoms with Crippen molar-refractivity contribution in [2.75, 3.05) is 12.0 Å². The molecule has 39 heavy (non-hydrogen) atoms. The molecule has 1 aliphatic heterocycles. The highest BCUT2D eigenvalue weighted by Gasteiger charge is 2.36. The molecule has 0 aliphatic carbocycles. The zero-order chi connectivity index (χ0) is 28.1. The van der Waals surface area contributed by atoms with Crippen molar-refractivity contribution in [3.63, 3.8) is 0 Å². The number of amides is 4. The largest absolute Gasteiger partial charge is 0.493 e. The van der Waals surface area contributed by atoms with Crippen LogP contribution >= 0.6 is 22.6 Å². The van der Waals surface area contributed by atoms with Crippen LogP contribution in [0.3, 0.4) is 0 Å². The molecule has 1 saturated heterocycles. The van der Waals surface area contributed by atoms with Crippen LogP contribution in [0.2, 0.25) is 0 Å². The maximum atomic E-state index is 13.1. The molecule has 0 atom stereocenters. The van der Waals surface area contributed by atoms with Gasteiger partial charge >= 0.3 is 12.0 Å². The number of nitro groups is 1. The number of non-ortho nitro benzene ring substituents is 1. The molecule has 0 saturated carbocycles. The third-order valence-corrected chi connectivity index (χ3v) is 6.13. The molecule has 4 rings (SSSR count). The van der Waals surface area contributed by atoms with Gasteiger partial charge in [-0.3, -0.25) is 25.0 Å². The Morgan fingerprint density at radius 3 is 2.28 bits per heavy atom. The highest BCUT2D eigenvalue weighted by molar-refractivity contribution is 14.1. The van der Waals surface area contributed by atoms with Gasteiger partial charge in [0.15, 0.2) is 11.5 Å². The predicted octanol–water partition coefficient (Wildman–Crippen LogP) is 4.49. The maximum absolute atomic E-state index is 13.1. The van der Waals surface area contributed by atoms with Crippen LogP contribution in [0.25, 0.3) is 12.2 Å². The molecular formula is C27H18IN3O8. The summed E-state index contributed by atoms with van der Waals surface area (Å²) in [5, 5.41) is 12.9. The van der Waals surface area contributed by atoms with Crippen LogP contribution in [0.4, 0.5) is 16.2 Å². The first-order valence-electron chi connectivity index (χ1n) is 11.2. The molecule has 3 aromatic rings. The minimum atomic E-state index is -0.857. The van der Waals surface area contributed by atoms with Crippen molar-refractivity contribution in [1.29, 1.82) is 0 Å². The summed E-state index contributed by atoms with van der Waals surface area (Å²) in [6.45, 7) is 0. The Morgan fingerprint density at radius 2 is 1.64 bits per heavy atom. The van der Waals surface area contributed by atoms with Gasteiger partial charge in [0.1, 0.15) is 5.57 Å². The summed E-state index contributed by atoms with van der Waals surface area (Å²) in [7, 11) is 1.35. The molecule has 0 unspecified atom stereocenters. The number of hydrogen-bond acceptors (Lipinski definition) is 8. The van der Waals surface area contributed by atoms with E-state index in [2.05, 4.69) is 27.9 Å². The molecule has 0 spiro atoms. The number of rotatable bonds is 7. The first-order chi connectivity index (χ1) is 18.7. The fourth-order valence-electron chi connectivity index (χ4n) is 3.52. The molecular weight excluding hydrogens is 621 g/mol. The van der Waals surface area contributed by atoms with Crippen molar-refractivity contribution in [3.05, 3.63) is 103 Å². The fourth-order valence-corrected chi connectivity index (χ4v) is 3.88. The number of hydrogen-bond donors (Lipinski definition) is 1. The van der Waals surface area contributed by atoms with Gasteiger partial charge in [0.2, 0.25) is 0 Å². The molecule has 1 N–H and O–H groups in total. The third kappa shape index (κ3) is 6.35. The monoisotopic (exact) mass is 639 g/mol. The number of nitrogens with zero attached hydrogens (tertiary/aromatic N) is 2. The van der Waals surface area contributed by atoms with Gasteiger partial charge < -0.3 is 9.47 Å². The van der Waals surface area contributed by atoms with Crippen LogP contribution in [0, 0.1) is 13.7 Å². The molecule has 1 fully saturated rings. The number of halogens is 1. The van der Waals surface area contributed by atoms with E-state index in [4.69, 9.17) is 9.47 Å². The van der Waals surface area contributed by atoms with Crippen LogP contribution in [0.1, 0.15) is 11.1 Å². The van der Waals surface area contributed by atoms with Gasteiger partial charge in [-0.1, -0.05) is 6.07 Å². The van der Waals surface area contributed by atoms with Crippen LogP contribution in [0.5, 0.6) is 11.5 Å². The van der Waals surface area contributed by atoms with Gasteiger partial charge in [-0.15, -0.1) is 0 Å². The van der Waals surface area contributed by atoms with Gasteiger partial charge in [-0.2, -0.15) is 0 Å². The highest BCUT2D eigenvalue weighted by atomic mass is 127. The molecule has 4 amide bonds. The quantitative estimate of drug-likeness (QED) is 0.0758. The lowest BCUT2D eigenvalue weighted by atomic mass is 10.1. The lowest BCUT2D eigenvalue weighted by Gasteiger charge is -2.26. The zero-order valence-electron chi connectivity index (χ0n) is 20.1. The van der Waals surface area contributed by atoms with E-state index in [1.807, 2.05) is 0 Å². The van der Waals surface area contributed by atoms with Crippen LogP contribution in [-0.4, -0.2) is 35.8 Å². The second-order valence-corrected chi connectivity index (χ2v) is 9.19. The molecule has 1 heterocycles. The van der Waals surface area contributed by atoms with Crippen molar-refractivity contribution in [3.8, 4) is 11.5 Å². The van der Waals surface area contributed by atoms with Gasteiger partial charge in [0.25, 0.3) is 17.5 Å². The van der Waals surface area contributed by atoms with E-state index in [0.29, 0.717) is 16.8 Å². The van der Waals surface area contributed by atoms with E-state index in [1.165, 1.54) is 61.7 Å². The normalized spacial score (nSPS) is 14.5. The topological polar surface area (TPSA) is 145 Å². The van der Waals surface area contributed by atoms with Crippen molar-refractivity contribution < 1.29 is 33.6 Å². The predicted molar refractivity (Wildman–Crippen MR) is 149 cm³/mol. The second-order valence-electron chi connectivity index (χ2n) is 7.95. The molecule has 1 aliphatic rings. The molecule has 0 radical (unpaired) electrons. The lowest BCUT2D eigenvalue weighted by molar-refractivity contribution is -0.384. The van der Waals surface area contributed by atoms with Crippen LogP contribution < -0.4 is 19.7 Å². The Hall–Kier alpha value is -4.85. The zero-order valence-corrected chi connectivity index (χ0v) is 22.3. The standard InChI is InChI=1S/C27H18IN3O8/c1-38-23-15-17(4-12-22(23)39-24(32)13-5-16-2-8-20(9-3-16)31(36)37)14-21-25(33)29-27(35)30(26(21)34)19-10-6-18(28)7-11-19/h2-15H,1H3,(H,29,33,35)/b13-5+,21-14+. The first-order valence-corrected chi connectivity index (χ1v) is 12.2. The minimum absolute atomic E-state index is 0.0731. The Labute approximate surface area is 235 Å². The summed E-state index contributed by atoms with van der Waals surface area (Å²) in [5.74, 6) is -2.15. The van der Waals surface area contributed by atoms with Crippen LogP contribution in [0.15, 0.2) is 78.4 Å². The first kappa shape index (κ1) is 27.2. The van der Waals surface area contributed by atoms with Gasteiger partial charge in [-0.05, 0) is 94.4 Å². The summed E-state index contributed by atoms with van der Waals surface area (Å²) in [6, 6.07) is 15.8. The molecule has 196 valence electrons. The maximum Gasteiger partial charge on any atom is 0.336 e. The molecule has 12 heteroatoms. The number of nitrogens with one attached hydrogen (secondary N) is 1.